The van der Waals surface area contributed by atoms with E-state index in [1.807, 2.05) is 11.3 Å². The number of para-hydroxylation sites is 1. The highest BCUT2D eigenvalue weighted by Crippen LogP contribution is 2.25. The van der Waals surface area contributed by atoms with E-state index in [2.05, 4.69) is 54.8 Å². The SMILES string of the molecule is CC[n+]1c(N(C)C)sc2ccccc21. The third-order valence-corrected chi connectivity index (χ3v) is 3.62. The summed E-state index contributed by atoms with van der Waals surface area (Å²) in [6.07, 6.45) is 0. The fourth-order valence-corrected chi connectivity index (χ4v) is 2.81. The van der Waals surface area contributed by atoms with Crippen LogP contribution in [-0.2, 0) is 6.54 Å². The maximum Gasteiger partial charge on any atom is 0.336 e. The number of fused-ring (bicyclic) bond motifs is 1. The summed E-state index contributed by atoms with van der Waals surface area (Å²) in [5.41, 5.74) is 1.34. The predicted molar refractivity (Wildman–Crippen MR) is 62.0 cm³/mol. The van der Waals surface area contributed by atoms with Gasteiger partial charge in [-0.1, -0.05) is 12.1 Å². The molecule has 1 heterocycles. The van der Waals surface area contributed by atoms with Crippen molar-refractivity contribution in [1.82, 2.24) is 0 Å². The normalized spacial score (nSPS) is 10.8. The summed E-state index contributed by atoms with van der Waals surface area (Å²) in [6.45, 7) is 3.21. The summed E-state index contributed by atoms with van der Waals surface area (Å²) in [7, 11) is 4.19. The van der Waals surface area contributed by atoms with Crippen LogP contribution >= 0.6 is 11.3 Å². The number of benzene rings is 1. The van der Waals surface area contributed by atoms with Crippen molar-refractivity contribution in [2.45, 2.75) is 13.5 Å². The largest absolute Gasteiger partial charge is 0.336 e. The fraction of sp³-hybridized carbons (Fsp3) is 0.364. The molecule has 0 aliphatic heterocycles. The van der Waals surface area contributed by atoms with E-state index in [1.54, 1.807) is 0 Å². The van der Waals surface area contributed by atoms with Crippen molar-refractivity contribution >= 4 is 26.7 Å². The average molecular weight is 207 g/mol. The van der Waals surface area contributed by atoms with Gasteiger partial charge in [-0.05, 0) is 30.4 Å². The molecule has 2 nitrogen and oxygen atoms in total. The van der Waals surface area contributed by atoms with Gasteiger partial charge in [0.2, 0.25) is 0 Å². The van der Waals surface area contributed by atoms with Crippen LogP contribution in [0.3, 0.4) is 0 Å². The Morgan fingerprint density at radius 1 is 1.29 bits per heavy atom. The lowest BCUT2D eigenvalue weighted by Crippen LogP contribution is -2.36. The molecule has 0 fully saturated rings. The number of hydrogen-bond acceptors (Lipinski definition) is 2. The number of anilines is 1. The molecule has 0 N–H and O–H groups in total. The van der Waals surface area contributed by atoms with Gasteiger partial charge in [-0.25, -0.2) is 4.57 Å². The second kappa shape index (κ2) is 3.58. The van der Waals surface area contributed by atoms with Gasteiger partial charge in [0.15, 0.2) is 0 Å². The van der Waals surface area contributed by atoms with Gasteiger partial charge < -0.3 is 0 Å². The monoisotopic (exact) mass is 207 g/mol. The number of thiazole rings is 1. The van der Waals surface area contributed by atoms with E-state index >= 15 is 0 Å². The van der Waals surface area contributed by atoms with E-state index < -0.39 is 0 Å². The quantitative estimate of drug-likeness (QED) is 0.685. The van der Waals surface area contributed by atoms with Gasteiger partial charge in [0.25, 0.3) is 0 Å². The lowest BCUT2D eigenvalue weighted by molar-refractivity contribution is -0.651. The summed E-state index contributed by atoms with van der Waals surface area (Å²) in [4.78, 5) is 2.17. The zero-order chi connectivity index (χ0) is 10.1. The molecule has 0 saturated heterocycles. The minimum absolute atomic E-state index is 1.03. The minimum atomic E-state index is 1.03. The summed E-state index contributed by atoms with van der Waals surface area (Å²) in [5.74, 6) is 0. The summed E-state index contributed by atoms with van der Waals surface area (Å²) in [6, 6.07) is 8.56. The van der Waals surface area contributed by atoms with E-state index in [4.69, 9.17) is 0 Å². The van der Waals surface area contributed by atoms with Crippen molar-refractivity contribution in [2.24, 2.45) is 0 Å². The van der Waals surface area contributed by atoms with E-state index in [9.17, 15) is 0 Å². The smallest absolute Gasteiger partial charge is 0.258 e. The lowest BCUT2D eigenvalue weighted by atomic mass is 10.3. The number of aryl methyl sites for hydroxylation is 1. The number of rotatable bonds is 2. The first kappa shape index (κ1) is 9.46. The Hall–Kier alpha value is -1.09. The fourth-order valence-electron chi connectivity index (χ4n) is 1.66. The van der Waals surface area contributed by atoms with Crippen LogP contribution in [0, 0.1) is 0 Å². The Morgan fingerprint density at radius 2 is 2.00 bits per heavy atom. The maximum absolute atomic E-state index is 2.35. The minimum Gasteiger partial charge on any atom is -0.258 e. The van der Waals surface area contributed by atoms with Gasteiger partial charge in [-0.2, -0.15) is 0 Å². The van der Waals surface area contributed by atoms with Gasteiger partial charge in [-0.15, -0.1) is 0 Å². The van der Waals surface area contributed by atoms with Crippen LogP contribution in [0.5, 0.6) is 0 Å². The number of hydrogen-bond donors (Lipinski definition) is 0. The van der Waals surface area contributed by atoms with E-state index in [-0.39, 0.29) is 0 Å². The molecule has 3 heteroatoms. The first-order valence-electron chi connectivity index (χ1n) is 4.82. The van der Waals surface area contributed by atoms with Crippen molar-refractivity contribution < 1.29 is 4.57 Å². The molecular formula is C11H15N2S+. The van der Waals surface area contributed by atoms with Crippen LogP contribution in [0.1, 0.15) is 6.92 Å². The van der Waals surface area contributed by atoms with Gasteiger partial charge >= 0.3 is 5.13 Å². The standard InChI is InChI=1S/C11H15N2S/c1-4-13-9-7-5-6-8-10(9)14-11(13)12(2)3/h5-8H,4H2,1-3H3/q+1. The molecule has 74 valence electrons. The first-order chi connectivity index (χ1) is 6.74. The second-order valence-corrected chi connectivity index (χ2v) is 4.50. The second-order valence-electron chi connectivity index (χ2n) is 3.49. The molecule has 0 atom stereocenters. The van der Waals surface area contributed by atoms with Gasteiger partial charge in [0.05, 0.1) is 25.3 Å². The van der Waals surface area contributed by atoms with Crippen LogP contribution in [-0.4, -0.2) is 14.1 Å². The molecule has 0 unspecified atom stereocenters. The summed E-state index contributed by atoms with van der Waals surface area (Å²) in [5, 5.41) is 1.31. The van der Waals surface area contributed by atoms with Crippen LogP contribution in [0.25, 0.3) is 10.2 Å². The van der Waals surface area contributed by atoms with Gasteiger partial charge in [0.1, 0.15) is 5.52 Å². The van der Waals surface area contributed by atoms with Crippen LogP contribution in [0.15, 0.2) is 24.3 Å². The highest BCUT2D eigenvalue weighted by molar-refractivity contribution is 7.21. The molecule has 2 rings (SSSR count). The lowest BCUT2D eigenvalue weighted by Gasteiger charge is -2.03. The van der Waals surface area contributed by atoms with E-state index in [1.165, 1.54) is 15.3 Å². The highest BCUT2D eigenvalue weighted by atomic mass is 32.1. The molecule has 0 spiro atoms. The van der Waals surface area contributed by atoms with Crippen LogP contribution < -0.4 is 9.47 Å². The summed E-state index contributed by atoms with van der Waals surface area (Å²) < 4.78 is 3.71. The molecule has 0 saturated carbocycles. The van der Waals surface area contributed by atoms with E-state index in [0.29, 0.717) is 0 Å². The van der Waals surface area contributed by atoms with Gasteiger partial charge in [-0.3, -0.25) is 4.90 Å². The molecule has 0 aliphatic carbocycles. The first-order valence-corrected chi connectivity index (χ1v) is 5.64. The van der Waals surface area contributed by atoms with Gasteiger partial charge in [0, 0.05) is 0 Å². The maximum atomic E-state index is 2.35. The Bertz CT molecular complexity index is 445. The summed E-state index contributed by atoms with van der Waals surface area (Å²) >= 11 is 1.85. The molecule has 14 heavy (non-hydrogen) atoms. The number of aromatic nitrogens is 1. The van der Waals surface area contributed by atoms with Crippen molar-refractivity contribution in [2.75, 3.05) is 19.0 Å². The number of nitrogens with zero attached hydrogens (tertiary/aromatic N) is 2. The van der Waals surface area contributed by atoms with E-state index in [0.717, 1.165) is 6.54 Å². The van der Waals surface area contributed by atoms with Crippen molar-refractivity contribution in [3.8, 4) is 0 Å². The molecule has 0 bridgehead atoms. The molecule has 0 amide bonds. The molecule has 0 aliphatic rings. The molecular weight excluding hydrogens is 192 g/mol. The average Bonchev–Trinajstić information content (AvgIpc) is 2.56. The van der Waals surface area contributed by atoms with Crippen molar-refractivity contribution in [1.29, 1.82) is 0 Å². The zero-order valence-corrected chi connectivity index (χ0v) is 9.64. The molecule has 1 aromatic heterocycles. The molecule has 2 aromatic rings. The molecule has 1 aromatic carbocycles. The Labute approximate surface area is 88.4 Å². The van der Waals surface area contributed by atoms with Crippen LogP contribution in [0.4, 0.5) is 5.13 Å². The Balaban J connectivity index is 2.72. The van der Waals surface area contributed by atoms with Crippen molar-refractivity contribution in [3.05, 3.63) is 24.3 Å². The van der Waals surface area contributed by atoms with Crippen LogP contribution in [0.2, 0.25) is 0 Å². The predicted octanol–water partition coefficient (Wildman–Crippen LogP) is 2.27. The zero-order valence-electron chi connectivity index (χ0n) is 8.82. The Morgan fingerprint density at radius 3 is 2.64 bits per heavy atom. The third kappa shape index (κ3) is 1.38. The Kier molecular flexibility index (Phi) is 2.42. The topological polar surface area (TPSA) is 7.12 Å². The highest BCUT2D eigenvalue weighted by Gasteiger charge is 2.17. The third-order valence-electron chi connectivity index (χ3n) is 2.29. The molecule has 0 radical (unpaired) electrons. The van der Waals surface area contributed by atoms with Crippen molar-refractivity contribution in [3.63, 3.8) is 0 Å².